The lowest BCUT2D eigenvalue weighted by atomic mass is 9.73. The smallest absolute Gasteiger partial charge is 0.329 e. The van der Waals surface area contributed by atoms with Crippen molar-refractivity contribution in [1.82, 2.24) is 10.1 Å². The van der Waals surface area contributed by atoms with E-state index >= 15 is 0 Å². The Hall–Kier alpha value is -1.11. The zero-order valence-electron chi connectivity index (χ0n) is 11.0. The maximum Gasteiger partial charge on any atom is 0.471 e. The lowest BCUT2D eigenvalue weighted by molar-refractivity contribution is -0.159. The molecule has 2 rings (SSSR count). The normalized spacial score (nSPS) is 28.9. The Kier molecular flexibility index (Phi) is 3.59. The van der Waals surface area contributed by atoms with Crippen molar-refractivity contribution < 1.29 is 17.7 Å². The first-order valence-electron chi connectivity index (χ1n) is 6.42. The van der Waals surface area contributed by atoms with Gasteiger partial charge >= 0.3 is 12.1 Å². The standard InChI is InChI=1S/C12H18F3N3O/c1-7(2)8-3-5-11(16,6-4-8)9-17-10(19-18-9)12(13,14)15/h7-8H,3-6,16H2,1-2H3. The summed E-state index contributed by atoms with van der Waals surface area (Å²) in [5.74, 6) is -0.230. The summed E-state index contributed by atoms with van der Waals surface area (Å²) in [5.41, 5.74) is 5.26. The Morgan fingerprint density at radius 2 is 1.89 bits per heavy atom. The highest BCUT2D eigenvalue weighted by Gasteiger charge is 2.43. The van der Waals surface area contributed by atoms with Crippen LogP contribution in [0.2, 0.25) is 0 Å². The van der Waals surface area contributed by atoms with E-state index in [1.54, 1.807) is 0 Å². The molecule has 0 radical (unpaired) electrons. The van der Waals surface area contributed by atoms with Crippen LogP contribution in [0.3, 0.4) is 0 Å². The van der Waals surface area contributed by atoms with Crippen LogP contribution in [0, 0.1) is 11.8 Å². The minimum atomic E-state index is -4.61. The van der Waals surface area contributed by atoms with Crippen molar-refractivity contribution in [2.75, 3.05) is 0 Å². The van der Waals surface area contributed by atoms with Crippen LogP contribution < -0.4 is 5.73 Å². The van der Waals surface area contributed by atoms with Gasteiger partial charge in [-0.05, 0) is 37.5 Å². The van der Waals surface area contributed by atoms with Crippen molar-refractivity contribution in [1.29, 1.82) is 0 Å². The van der Waals surface area contributed by atoms with Gasteiger partial charge < -0.3 is 10.3 Å². The molecule has 7 heteroatoms. The molecule has 2 N–H and O–H groups in total. The van der Waals surface area contributed by atoms with Gasteiger partial charge in [0.2, 0.25) is 0 Å². The molecule has 1 aromatic rings. The summed E-state index contributed by atoms with van der Waals surface area (Å²) in [6.45, 7) is 4.29. The average molecular weight is 277 g/mol. The predicted molar refractivity (Wildman–Crippen MR) is 62.0 cm³/mol. The molecule has 1 aliphatic carbocycles. The summed E-state index contributed by atoms with van der Waals surface area (Å²) in [7, 11) is 0. The molecule has 1 fully saturated rings. The van der Waals surface area contributed by atoms with Crippen LogP contribution in [0.4, 0.5) is 13.2 Å². The molecule has 108 valence electrons. The average Bonchev–Trinajstić information content (AvgIpc) is 2.79. The van der Waals surface area contributed by atoms with E-state index in [1.165, 1.54) is 0 Å². The minimum absolute atomic E-state index is 0.0259. The van der Waals surface area contributed by atoms with Crippen LogP contribution in [0.1, 0.15) is 51.2 Å². The van der Waals surface area contributed by atoms with Crippen LogP contribution in [0.25, 0.3) is 0 Å². The highest BCUT2D eigenvalue weighted by molar-refractivity contribution is 5.07. The van der Waals surface area contributed by atoms with Gasteiger partial charge in [-0.1, -0.05) is 19.0 Å². The summed E-state index contributed by atoms with van der Waals surface area (Å²) in [6.07, 6.45) is -1.68. The number of aromatic nitrogens is 2. The zero-order valence-corrected chi connectivity index (χ0v) is 11.0. The van der Waals surface area contributed by atoms with Crippen molar-refractivity contribution in [2.45, 2.75) is 51.2 Å². The second-order valence-corrected chi connectivity index (χ2v) is 5.66. The van der Waals surface area contributed by atoms with E-state index in [2.05, 4.69) is 28.5 Å². The van der Waals surface area contributed by atoms with Crippen LogP contribution >= 0.6 is 0 Å². The Morgan fingerprint density at radius 3 is 2.32 bits per heavy atom. The van der Waals surface area contributed by atoms with E-state index in [4.69, 9.17) is 5.73 Å². The van der Waals surface area contributed by atoms with Crippen molar-refractivity contribution in [3.63, 3.8) is 0 Å². The van der Waals surface area contributed by atoms with Crippen molar-refractivity contribution in [2.24, 2.45) is 17.6 Å². The third-order valence-electron chi connectivity index (χ3n) is 3.98. The number of hydrogen-bond donors (Lipinski definition) is 1. The highest BCUT2D eigenvalue weighted by Crippen LogP contribution is 2.39. The number of nitrogens with two attached hydrogens (primary N) is 1. The maximum absolute atomic E-state index is 12.4. The molecule has 0 bridgehead atoms. The van der Waals surface area contributed by atoms with Crippen molar-refractivity contribution >= 4 is 0 Å². The van der Waals surface area contributed by atoms with Gasteiger partial charge in [0.1, 0.15) is 0 Å². The van der Waals surface area contributed by atoms with E-state index in [9.17, 15) is 13.2 Å². The van der Waals surface area contributed by atoms with Gasteiger partial charge in [0.05, 0.1) is 5.54 Å². The number of alkyl halides is 3. The Morgan fingerprint density at radius 1 is 1.32 bits per heavy atom. The molecular weight excluding hydrogens is 259 g/mol. The quantitative estimate of drug-likeness (QED) is 0.902. The van der Waals surface area contributed by atoms with Gasteiger partial charge in [-0.25, -0.2) is 0 Å². The van der Waals surface area contributed by atoms with Crippen LogP contribution in [0.5, 0.6) is 0 Å². The summed E-state index contributed by atoms with van der Waals surface area (Å²) >= 11 is 0. The molecule has 1 heterocycles. The fraction of sp³-hybridized carbons (Fsp3) is 0.833. The SMILES string of the molecule is CC(C)C1CCC(N)(c2noc(C(F)(F)F)n2)CC1. The van der Waals surface area contributed by atoms with Crippen molar-refractivity contribution in [3.05, 3.63) is 11.7 Å². The number of nitrogens with zero attached hydrogens (tertiary/aromatic N) is 2. The molecule has 4 nitrogen and oxygen atoms in total. The molecule has 0 spiro atoms. The van der Waals surface area contributed by atoms with Gasteiger partial charge in [0, 0.05) is 0 Å². The monoisotopic (exact) mass is 277 g/mol. The van der Waals surface area contributed by atoms with Gasteiger partial charge in [-0.3, -0.25) is 0 Å². The molecule has 0 aromatic carbocycles. The third-order valence-corrected chi connectivity index (χ3v) is 3.98. The number of rotatable bonds is 2. The van der Waals surface area contributed by atoms with E-state index in [1.807, 2.05) is 0 Å². The lowest BCUT2D eigenvalue weighted by Crippen LogP contribution is -2.42. The third kappa shape index (κ3) is 2.91. The predicted octanol–water partition coefficient (Wildman–Crippen LogP) is 3.09. The van der Waals surface area contributed by atoms with Crippen molar-refractivity contribution in [3.8, 4) is 0 Å². The van der Waals surface area contributed by atoms with Gasteiger partial charge in [0.25, 0.3) is 0 Å². The van der Waals surface area contributed by atoms with Crippen LogP contribution in [-0.4, -0.2) is 10.1 Å². The van der Waals surface area contributed by atoms with Gasteiger partial charge in [0.15, 0.2) is 5.82 Å². The second-order valence-electron chi connectivity index (χ2n) is 5.66. The molecular formula is C12H18F3N3O. The Labute approximate surface area is 109 Å². The molecule has 0 aliphatic heterocycles. The molecule has 0 saturated heterocycles. The first-order valence-corrected chi connectivity index (χ1v) is 6.42. The van der Waals surface area contributed by atoms with E-state index in [0.29, 0.717) is 24.7 Å². The summed E-state index contributed by atoms with van der Waals surface area (Å²) < 4.78 is 41.5. The summed E-state index contributed by atoms with van der Waals surface area (Å²) in [6, 6.07) is 0. The van der Waals surface area contributed by atoms with E-state index < -0.39 is 17.6 Å². The number of hydrogen-bond acceptors (Lipinski definition) is 4. The first-order chi connectivity index (χ1) is 8.72. The fourth-order valence-electron chi connectivity index (χ4n) is 2.59. The van der Waals surface area contributed by atoms with E-state index in [-0.39, 0.29) is 5.82 Å². The number of halogens is 3. The van der Waals surface area contributed by atoms with Crippen LogP contribution in [0.15, 0.2) is 4.52 Å². The molecule has 0 unspecified atom stereocenters. The topological polar surface area (TPSA) is 64.9 Å². The molecule has 1 aliphatic rings. The molecule has 1 aromatic heterocycles. The maximum atomic E-state index is 12.4. The molecule has 1 saturated carbocycles. The van der Waals surface area contributed by atoms with Gasteiger partial charge in [-0.2, -0.15) is 18.2 Å². The summed E-state index contributed by atoms with van der Waals surface area (Å²) in [5, 5.41) is 3.42. The minimum Gasteiger partial charge on any atom is -0.329 e. The lowest BCUT2D eigenvalue weighted by Gasteiger charge is -2.36. The fourth-order valence-corrected chi connectivity index (χ4v) is 2.59. The molecule has 19 heavy (non-hydrogen) atoms. The highest BCUT2D eigenvalue weighted by atomic mass is 19.4. The largest absolute Gasteiger partial charge is 0.471 e. The molecule has 0 atom stereocenters. The molecule has 0 amide bonds. The van der Waals surface area contributed by atoms with E-state index in [0.717, 1.165) is 12.8 Å². The van der Waals surface area contributed by atoms with Gasteiger partial charge in [-0.15, -0.1) is 0 Å². The first kappa shape index (κ1) is 14.3. The van der Waals surface area contributed by atoms with Crippen LogP contribution in [-0.2, 0) is 11.7 Å². The summed E-state index contributed by atoms with van der Waals surface area (Å²) in [4.78, 5) is 3.42. The Bertz CT molecular complexity index is 434. The second kappa shape index (κ2) is 4.77. The zero-order chi connectivity index (χ0) is 14.3. The Balaban J connectivity index is 2.12.